The summed E-state index contributed by atoms with van der Waals surface area (Å²) in [6, 6.07) is 7.18. The van der Waals surface area contributed by atoms with Crippen LogP contribution in [0, 0.1) is 5.92 Å². The van der Waals surface area contributed by atoms with Crippen LogP contribution in [0.2, 0.25) is 0 Å². The molecule has 2 nitrogen and oxygen atoms in total. The van der Waals surface area contributed by atoms with Crippen molar-refractivity contribution in [1.29, 1.82) is 0 Å². The molecule has 1 aliphatic carbocycles. The van der Waals surface area contributed by atoms with Gasteiger partial charge in [0, 0.05) is 18.3 Å². The van der Waals surface area contributed by atoms with Gasteiger partial charge in [0.1, 0.15) is 0 Å². The second-order valence-electron chi connectivity index (χ2n) is 4.76. The molecule has 0 saturated heterocycles. The largest absolute Gasteiger partial charge is 0.306 e. The van der Waals surface area contributed by atoms with Gasteiger partial charge in [0.15, 0.2) is 0 Å². The summed E-state index contributed by atoms with van der Waals surface area (Å²) in [7, 11) is 0. The molecule has 1 aliphatic rings. The molecule has 15 heavy (non-hydrogen) atoms. The molecule has 0 bridgehead atoms. The van der Waals surface area contributed by atoms with Gasteiger partial charge in [-0.2, -0.15) is 0 Å². The number of nitrogens with zero attached hydrogens (tertiary/aromatic N) is 1. The molecule has 1 aromatic rings. The highest BCUT2D eigenvalue weighted by Crippen LogP contribution is 2.26. The molecule has 0 amide bonds. The Morgan fingerprint density at radius 2 is 2.27 bits per heavy atom. The van der Waals surface area contributed by atoms with Crippen LogP contribution in [0.25, 0.3) is 0 Å². The van der Waals surface area contributed by atoms with Gasteiger partial charge in [-0.25, -0.2) is 0 Å². The van der Waals surface area contributed by atoms with Crippen molar-refractivity contribution in [2.75, 3.05) is 0 Å². The zero-order chi connectivity index (χ0) is 10.7. The second kappa shape index (κ2) is 4.75. The van der Waals surface area contributed by atoms with E-state index in [1.54, 1.807) is 0 Å². The first-order valence-electron chi connectivity index (χ1n) is 5.92. The van der Waals surface area contributed by atoms with Gasteiger partial charge in [-0.15, -0.1) is 0 Å². The monoisotopic (exact) mass is 204 g/mol. The van der Waals surface area contributed by atoms with E-state index in [1.165, 1.54) is 19.3 Å². The van der Waals surface area contributed by atoms with Crippen LogP contribution in [-0.2, 0) is 0 Å². The van der Waals surface area contributed by atoms with E-state index in [-0.39, 0.29) is 0 Å². The van der Waals surface area contributed by atoms with Gasteiger partial charge in [-0.3, -0.25) is 4.98 Å². The molecule has 0 spiro atoms. The van der Waals surface area contributed by atoms with Gasteiger partial charge in [0.25, 0.3) is 0 Å². The van der Waals surface area contributed by atoms with Crippen LogP contribution < -0.4 is 5.32 Å². The van der Waals surface area contributed by atoms with E-state index in [0.717, 1.165) is 11.6 Å². The zero-order valence-electron chi connectivity index (χ0n) is 9.61. The van der Waals surface area contributed by atoms with Gasteiger partial charge >= 0.3 is 0 Å². The summed E-state index contributed by atoms with van der Waals surface area (Å²) >= 11 is 0. The third-order valence-corrected chi connectivity index (χ3v) is 3.31. The molecule has 3 atom stereocenters. The molecule has 0 aromatic carbocycles. The third kappa shape index (κ3) is 2.78. The SMILES string of the molecule is CC1CCC(N[C@H](C)c2ccccn2)C1. The molecule has 0 radical (unpaired) electrons. The van der Waals surface area contributed by atoms with E-state index in [1.807, 2.05) is 12.3 Å². The fraction of sp³-hybridized carbons (Fsp3) is 0.615. The van der Waals surface area contributed by atoms with Crippen LogP contribution >= 0.6 is 0 Å². The third-order valence-electron chi connectivity index (χ3n) is 3.31. The minimum atomic E-state index is 0.376. The molecule has 1 fully saturated rings. The maximum atomic E-state index is 4.38. The van der Waals surface area contributed by atoms with Crippen LogP contribution in [-0.4, -0.2) is 11.0 Å². The number of pyridine rings is 1. The summed E-state index contributed by atoms with van der Waals surface area (Å²) in [4.78, 5) is 4.38. The lowest BCUT2D eigenvalue weighted by molar-refractivity contribution is 0.443. The summed E-state index contributed by atoms with van der Waals surface area (Å²) in [5.74, 6) is 0.887. The van der Waals surface area contributed by atoms with E-state index < -0.39 is 0 Å². The van der Waals surface area contributed by atoms with E-state index in [2.05, 4.69) is 36.3 Å². The number of rotatable bonds is 3. The van der Waals surface area contributed by atoms with Crippen molar-refractivity contribution < 1.29 is 0 Å². The Hall–Kier alpha value is -0.890. The number of hydrogen-bond donors (Lipinski definition) is 1. The average molecular weight is 204 g/mol. The molecule has 0 aliphatic heterocycles. The Morgan fingerprint density at radius 3 is 2.87 bits per heavy atom. The zero-order valence-corrected chi connectivity index (χ0v) is 9.61. The minimum absolute atomic E-state index is 0.376. The van der Waals surface area contributed by atoms with E-state index in [0.29, 0.717) is 12.1 Å². The standard InChI is InChI=1S/C13H20N2/c1-10-6-7-12(9-10)15-11(2)13-5-3-4-8-14-13/h3-5,8,10-12,15H,6-7,9H2,1-2H3/t10?,11-,12?/m1/s1. The Morgan fingerprint density at radius 1 is 1.40 bits per heavy atom. The lowest BCUT2D eigenvalue weighted by Gasteiger charge is -2.18. The molecule has 1 heterocycles. The molecule has 1 aromatic heterocycles. The molecule has 2 rings (SSSR count). The van der Waals surface area contributed by atoms with Crippen molar-refractivity contribution in [3.8, 4) is 0 Å². The lowest BCUT2D eigenvalue weighted by Crippen LogP contribution is -2.29. The van der Waals surface area contributed by atoms with Gasteiger partial charge in [0.05, 0.1) is 5.69 Å². The normalized spacial score (nSPS) is 27.9. The molecular weight excluding hydrogens is 184 g/mol. The highest BCUT2D eigenvalue weighted by Gasteiger charge is 2.22. The van der Waals surface area contributed by atoms with E-state index in [9.17, 15) is 0 Å². The Labute approximate surface area is 92.1 Å². The molecule has 82 valence electrons. The van der Waals surface area contributed by atoms with Crippen molar-refractivity contribution >= 4 is 0 Å². The van der Waals surface area contributed by atoms with Crippen LogP contribution in [0.3, 0.4) is 0 Å². The smallest absolute Gasteiger partial charge is 0.0570 e. The number of nitrogens with one attached hydrogen (secondary N) is 1. The Kier molecular flexibility index (Phi) is 3.37. The first-order valence-corrected chi connectivity index (χ1v) is 5.92. The van der Waals surface area contributed by atoms with Gasteiger partial charge in [-0.05, 0) is 44.2 Å². The predicted octanol–water partition coefficient (Wildman–Crippen LogP) is 2.92. The second-order valence-corrected chi connectivity index (χ2v) is 4.76. The summed E-state index contributed by atoms with van der Waals surface area (Å²) in [6.45, 7) is 4.54. The Bertz CT molecular complexity index is 297. The fourth-order valence-corrected chi connectivity index (χ4v) is 2.43. The maximum absolute atomic E-state index is 4.38. The van der Waals surface area contributed by atoms with Crippen molar-refractivity contribution in [3.05, 3.63) is 30.1 Å². The summed E-state index contributed by atoms with van der Waals surface area (Å²) < 4.78 is 0. The summed E-state index contributed by atoms with van der Waals surface area (Å²) in [5, 5.41) is 3.66. The van der Waals surface area contributed by atoms with Gasteiger partial charge < -0.3 is 5.32 Å². The topological polar surface area (TPSA) is 24.9 Å². The van der Waals surface area contributed by atoms with E-state index >= 15 is 0 Å². The summed E-state index contributed by atoms with van der Waals surface area (Å²) in [6.07, 6.45) is 5.87. The molecular formula is C13H20N2. The summed E-state index contributed by atoms with van der Waals surface area (Å²) in [5.41, 5.74) is 1.15. The van der Waals surface area contributed by atoms with Crippen molar-refractivity contribution in [2.24, 2.45) is 5.92 Å². The number of aromatic nitrogens is 1. The molecule has 1 saturated carbocycles. The van der Waals surface area contributed by atoms with Crippen molar-refractivity contribution in [3.63, 3.8) is 0 Å². The predicted molar refractivity (Wildman–Crippen MR) is 62.6 cm³/mol. The van der Waals surface area contributed by atoms with Crippen LogP contribution in [0.1, 0.15) is 44.8 Å². The highest BCUT2D eigenvalue weighted by molar-refractivity contribution is 5.08. The quantitative estimate of drug-likeness (QED) is 0.819. The first-order chi connectivity index (χ1) is 7.25. The Balaban J connectivity index is 1.90. The highest BCUT2D eigenvalue weighted by atomic mass is 15.0. The molecule has 2 unspecified atom stereocenters. The molecule has 1 N–H and O–H groups in total. The van der Waals surface area contributed by atoms with Gasteiger partial charge in [0.2, 0.25) is 0 Å². The first kappa shape index (κ1) is 10.6. The van der Waals surface area contributed by atoms with E-state index in [4.69, 9.17) is 0 Å². The van der Waals surface area contributed by atoms with Gasteiger partial charge in [-0.1, -0.05) is 13.0 Å². The number of hydrogen-bond acceptors (Lipinski definition) is 2. The van der Waals surface area contributed by atoms with Crippen molar-refractivity contribution in [2.45, 2.75) is 45.2 Å². The fourth-order valence-electron chi connectivity index (χ4n) is 2.43. The van der Waals surface area contributed by atoms with Crippen LogP contribution in [0.15, 0.2) is 24.4 Å². The van der Waals surface area contributed by atoms with Crippen LogP contribution in [0.4, 0.5) is 0 Å². The minimum Gasteiger partial charge on any atom is -0.306 e. The van der Waals surface area contributed by atoms with Crippen molar-refractivity contribution in [1.82, 2.24) is 10.3 Å². The van der Waals surface area contributed by atoms with Crippen LogP contribution in [0.5, 0.6) is 0 Å². The maximum Gasteiger partial charge on any atom is 0.0570 e. The lowest BCUT2D eigenvalue weighted by atomic mass is 10.1. The molecule has 2 heteroatoms. The average Bonchev–Trinajstić information content (AvgIpc) is 2.65.